The highest BCUT2D eigenvalue weighted by molar-refractivity contribution is 6.01. The van der Waals surface area contributed by atoms with Gasteiger partial charge in [-0.05, 0) is 41.5 Å². The topological polar surface area (TPSA) is 118 Å². The van der Waals surface area contributed by atoms with E-state index in [2.05, 4.69) is 5.32 Å². The molecule has 0 aliphatic heterocycles. The largest absolute Gasteiger partial charge is 0.497 e. The summed E-state index contributed by atoms with van der Waals surface area (Å²) in [5.41, 5.74) is 1.30. The normalized spacial score (nSPS) is 10.6. The summed E-state index contributed by atoms with van der Waals surface area (Å²) in [4.78, 5) is 23.0. The zero-order valence-corrected chi connectivity index (χ0v) is 16.0. The molecule has 0 aliphatic carbocycles. The molecular weight excluding hydrogens is 376 g/mol. The SMILES string of the molecule is COc1ccc(CNC(=O)/C(C#N)=C\c2ccc(OCC(=O)O)c(OC)c2)cc1. The van der Waals surface area contributed by atoms with Gasteiger partial charge in [-0.25, -0.2) is 4.79 Å². The van der Waals surface area contributed by atoms with Gasteiger partial charge in [0.1, 0.15) is 17.4 Å². The van der Waals surface area contributed by atoms with Gasteiger partial charge in [0, 0.05) is 6.54 Å². The Kier molecular flexibility index (Phi) is 7.62. The van der Waals surface area contributed by atoms with E-state index in [4.69, 9.17) is 19.3 Å². The maximum absolute atomic E-state index is 12.3. The van der Waals surface area contributed by atoms with Crippen LogP contribution in [0, 0.1) is 11.3 Å². The molecular formula is C21H20N2O6. The number of hydrogen-bond acceptors (Lipinski definition) is 6. The van der Waals surface area contributed by atoms with E-state index in [1.54, 1.807) is 31.4 Å². The Morgan fingerprint density at radius 2 is 1.83 bits per heavy atom. The number of amides is 1. The molecule has 0 fully saturated rings. The van der Waals surface area contributed by atoms with Crippen LogP contribution in [-0.2, 0) is 16.1 Å². The first-order valence-electron chi connectivity index (χ1n) is 8.52. The van der Waals surface area contributed by atoms with Crippen LogP contribution in [0.1, 0.15) is 11.1 Å². The van der Waals surface area contributed by atoms with E-state index in [9.17, 15) is 14.9 Å². The number of ether oxygens (including phenoxy) is 3. The van der Waals surface area contributed by atoms with Crippen LogP contribution >= 0.6 is 0 Å². The summed E-state index contributed by atoms with van der Waals surface area (Å²) in [7, 11) is 2.98. The fraction of sp³-hybridized carbons (Fsp3) is 0.190. The summed E-state index contributed by atoms with van der Waals surface area (Å²) < 4.78 is 15.4. The van der Waals surface area contributed by atoms with Crippen LogP contribution in [0.3, 0.4) is 0 Å². The number of carboxylic acid groups (broad SMARTS) is 1. The fourth-order valence-corrected chi connectivity index (χ4v) is 2.37. The molecule has 0 aromatic heterocycles. The van der Waals surface area contributed by atoms with E-state index in [1.165, 1.54) is 19.3 Å². The van der Waals surface area contributed by atoms with E-state index in [0.717, 1.165) is 5.56 Å². The number of methoxy groups -OCH3 is 2. The first kappa shape index (κ1) is 21.3. The lowest BCUT2D eigenvalue weighted by molar-refractivity contribution is -0.139. The van der Waals surface area contributed by atoms with Crippen molar-refractivity contribution in [3.8, 4) is 23.3 Å². The molecule has 0 saturated heterocycles. The second kappa shape index (κ2) is 10.4. The molecule has 0 spiro atoms. The van der Waals surface area contributed by atoms with Crippen molar-refractivity contribution in [3.05, 3.63) is 59.2 Å². The lowest BCUT2D eigenvalue weighted by Crippen LogP contribution is -2.23. The smallest absolute Gasteiger partial charge is 0.341 e. The van der Waals surface area contributed by atoms with Crippen LogP contribution in [0.25, 0.3) is 6.08 Å². The molecule has 2 aromatic rings. The van der Waals surface area contributed by atoms with E-state index in [-0.39, 0.29) is 23.6 Å². The number of nitrogens with one attached hydrogen (secondary N) is 1. The first-order valence-corrected chi connectivity index (χ1v) is 8.52. The fourth-order valence-electron chi connectivity index (χ4n) is 2.37. The maximum atomic E-state index is 12.3. The predicted octanol–water partition coefficient (Wildman–Crippen LogP) is 2.39. The monoisotopic (exact) mass is 396 g/mol. The van der Waals surface area contributed by atoms with Crippen LogP contribution in [0.4, 0.5) is 0 Å². The van der Waals surface area contributed by atoms with Gasteiger partial charge in [-0.2, -0.15) is 5.26 Å². The van der Waals surface area contributed by atoms with Gasteiger partial charge in [-0.15, -0.1) is 0 Å². The standard InChI is InChI=1S/C21H20N2O6/c1-27-17-6-3-14(4-7-17)12-23-21(26)16(11-22)9-15-5-8-18(19(10-15)28-2)29-13-20(24)25/h3-10H,12-13H2,1-2H3,(H,23,26)(H,24,25)/b16-9-. The van der Waals surface area contributed by atoms with Gasteiger partial charge >= 0.3 is 5.97 Å². The van der Waals surface area contributed by atoms with Gasteiger partial charge in [0.15, 0.2) is 18.1 Å². The maximum Gasteiger partial charge on any atom is 0.341 e. The number of rotatable bonds is 9. The molecule has 2 rings (SSSR count). The first-order chi connectivity index (χ1) is 14.0. The number of nitriles is 1. The minimum absolute atomic E-state index is 0.0835. The van der Waals surface area contributed by atoms with Crippen molar-refractivity contribution in [2.75, 3.05) is 20.8 Å². The zero-order chi connectivity index (χ0) is 21.2. The molecule has 150 valence electrons. The number of carbonyl (C=O) groups excluding carboxylic acids is 1. The average Bonchev–Trinajstić information content (AvgIpc) is 2.74. The minimum atomic E-state index is -1.11. The van der Waals surface area contributed by atoms with Crippen LogP contribution in [-0.4, -0.2) is 37.8 Å². The summed E-state index contributed by atoms with van der Waals surface area (Å²) in [6, 6.07) is 13.7. The second-order valence-electron chi connectivity index (χ2n) is 5.79. The summed E-state index contributed by atoms with van der Waals surface area (Å²) >= 11 is 0. The quantitative estimate of drug-likeness (QED) is 0.493. The molecule has 0 bridgehead atoms. The third-order valence-electron chi connectivity index (χ3n) is 3.83. The molecule has 8 nitrogen and oxygen atoms in total. The highest BCUT2D eigenvalue weighted by atomic mass is 16.5. The summed E-state index contributed by atoms with van der Waals surface area (Å²) in [6.07, 6.45) is 1.41. The number of benzene rings is 2. The van der Waals surface area contributed by atoms with Crippen molar-refractivity contribution in [1.29, 1.82) is 5.26 Å². The lowest BCUT2D eigenvalue weighted by atomic mass is 10.1. The van der Waals surface area contributed by atoms with Gasteiger partial charge < -0.3 is 24.6 Å². The van der Waals surface area contributed by atoms with E-state index in [0.29, 0.717) is 11.3 Å². The molecule has 1 amide bonds. The summed E-state index contributed by atoms with van der Waals surface area (Å²) in [5, 5.41) is 20.7. The van der Waals surface area contributed by atoms with Crippen LogP contribution in [0.15, 0.2) is 48.0 Å². The number of nitrogens with zero attached hydrogens (tertiary/aromatic N) is 1. The minimum Gasteiger partial charge on any atom is -0.497 e. The number of carbonyl (C=O) groups is 2. The Morgan fingerprint density at radius 3 is 2.41 bits per heavy atom. The molecule has 29 heavy (non-hydrogen) atoms. The molecule has 0 radical (unpaired) electrons. The molecule has 0 heterocycles. The van der Waals surface area contributed by atoms with Crippen molar-refractivity contribution in [3.63, 3.8) is 0 Å². The Labute approximate surface area is 167 Å². The molecule has 0 atom stereocenters. The van der Waals surface area contributed by atoms with Crippen molar-refractivity contribution in [2.24, 2.45) is 0 Å². The van der Waals surface area contributed by atoms with Crippen LogP contribution in [0.2, 0.25) is 0 Å². The Bertz CT molecular complexity index is 945. The highest BCUT2D eigenvalue weighted by Gasteiger charge is 2.11. The Balaban J connectivity index is 2.09. The molecule has 8 heteroatoms. The molecule has 0 unspecified atom stereocenters. The Hall–Kier alpha value is -3.99. The van der Waals surface area contributed by atoms with Crippen molar-refractivity contribution in [1.82, 2.24) is 5.32 Å². The van der Waals surface area contributed by atoms with E-state index in [1.807, 2.05) is 18.2 Å². The van der Waals surface area contributed by atoms with E-state index < -0.39 is 18.5 Å². The summed E-state index contributed by atoms with van der Waals surface area (Å²) in [6.45, 7) is -0.254. The third kappa shape index (κ3) is 6.29. The third-order valence-corrected chi connectivity index (χ3v) is 3.83. The van der Waals surface area contributed by atoms with Crippen molar-refractivity contribution >= 4 is 18.0 Å². The molecule has 2 aromatic carbocycles. The average molecular weight is 396 g/mol. The summed E-state index contributed by atoms with van der Waals surface area (Å²) in [5.74, 6) is -0.391. The number of aliphatic carboxylic acids is 1. The van der Waals surface area contributed by atoms with Gasteiger partial charge in [0.25, 0.3) is 5.91 Å². The van der Waals surface area contributed by atoms with Gasteiger partial charge in [-0.1, -0.05) is 18.2 Å². The lowest BCUT2D eigenvalue weighted by Gasteiger charge is -2.10. The second-order valence-corrected chi connectivity index (χ2v) is 5.79. The van der Waals surface area contributed by atoms with E-state index >= 15 is 0 Å². The van der Waals surface area contributed by atoms with Crippen LogP contribution < -0.4 is 19.5 Å². The zero-order valence-electron chi connectivity index (χ0n) is 16.0. The Morgan fingerprint density at radius 1 is 1.10 bits per heavy atom. The molecule has 0 saturated carbocycles. The van der Waals surface area contributed by atoms with Gasteiger partial charge in [0.05, 0.1) is 14.2 Å². The van der Waals surface area contributed by atoms with Gasteiger partial charge in [0.2, 0.25) is 0 Å². The van der Waals surface area contributed by atoms with Crippen molar-refractivity contribution in [2.45, 2.75) is 6.54 Å². The number of hydrogen-bond donors (Lipinski definition) is 2. The molecule has 0 aliphatic rings. The van der Waals surface area contributed by atoms with Crippen molar-refractivity contribution < 1.29 is 28.9 Å². The number of carboxylic acids is 1. The predicted molar refractivity (Wildman–Crippen MR) is 105 cm³/mol. The van der Waals surface area contributed by atoms with Crippen LogP contribution in [0.5, 0.6) is 17.2 Å². The highest BCUT2D eigenvalue weighted by Crippen LogP contribution is 2.29. The molecule has 2 N–H and O–H groups in total. The van der Waals surface area contributed by atoms with Gasteiger partial charge in [-0.3, -0.25) is 4.79 Å².